The highest BCUT2D eigenvalue weighted by molar-refractivity contribution is 7.89. The molecule has 24 heavy (non-hydrogen) atoms. The molecule has 0 spiro atoms. The van der Waals surface area contributed by atoms with E-state index in [9.17, 15) is 18.3 Å². The molecule has 1 heterocycles. The van der Waals surface area contributed by atoms with Crippen molar-refractivity contribution in [3.63, 3.8) is 0 Å². The first-order valence-corrected chi connectivity index (χ1v) is 9.85. The zero-order valence-electron chi connectivity index (χ0n) is 13.9. The number of benzene rings is 1. The van der Waals surface area contributed by atoms with Crippen molar-refractivity contribution in [1.29, 1.82) is 0 Å². The zero-order chi connectivity index (χ0) is 17.4. The molecule has 1 aliphatic heterocycles. The minimum atomic E-state index is -3.46. The summed E-state index contributed by atoms with van der Waals surface area (Å²) in [4.78, 5) is 12.4. The average molecular weight is 352 g/mol. The number of hydrogen-bond acceptors (Lipinski definition) is 4. The van der Waals surface area contributed by atoms with Crippen molar-refractivity contribution in [2.75, 3.05) is 19.6 Å². The van der Waals surface area contributed by atoms with Crippen LogP contribution in [0.4, 0.5) is 0 Å². The van der Waals surface area contributed by atoms with Gasteiger partial charge >= 0.3 is 0 Å². The van der Waals surface area contributed by atoms with Gasteiger partial charge in [-0.15, -0.1) is 0 Å². The molecule has 0 radical (unpaired) electrons. The average Bonchev–Trinajstić information content (AvgIpc) is 3.28. The van der Waals surface area contributed by atoms with Crippen molar-refractivity contribution in [1.82, 2.24) is 9.62 Å². The van der Waals surface area contributed by atoms with Crippen molar-refractivity contribution in [3.8, 4) is 0 Å². The van der Waals surface area contributed by atoms with E-state index in [1.54, 1.807) is 6.92 Å². The fourth-order valence-electron chi connectivity index (χ4n) is 3.07. The maximum absolute atomic E-state index is 12.4. The Morgan fingerprint density at radius 2 is 1.83 bits per heavy atom. The number of amides is 1. The largest absolute Gasteiger partial charge is 0.388 e. The summed E-state index contributed by atoms with van der Waals surface area (Å²) in [6, 6.07) is 5.98. The van der Waals surface area contributed by atoms with Gasteiger partial charge in [-0.1, -0.05) is 0 Å². The highest BCUT2D eigenvalue weighted by Gasteiger charge is 2.40. The molecular weight excluding hydrogens is 328 g/mol. The molecule has 7 heteroatoms. The molecule has 2 aliphatic rings. The van der Waals surface area contributed by atoms with Crippen LogP contribution in [0.25, 0.3) is 0 Å². The fourth-order valence-corrected chi connectivity index (χ4v) is 4.58. The predicted molar refractivity (Wildman–Crippen MR) is 90.1 cm³/mol. The molecule has 0 aromatic heterocycles. The minimum absolute atomic E-state index is 0.199. The number of hydrogen-bond donors (Lipinski definition) is 2. The first-order chi connectivity index (χ1) is 11.3. The molecule has 2 N–H and O–H groups in total. The Hall–Kier alpha value is -1.44. The van der Waals surface area contributed by atoms with Gasteiger partial charge in [-0.3, -0.25) is 4.79 Å². The Balaban J connectivity index is 1.64. The third-order valence-electron chi connectivity index (χ3n) is 4.88. The number of aliphatic hydroxyl groups is 1. The van der Waals surface area contributed by atoms with E-state index in [0.717, 1.165) is 25.7 Å². The molecule has 1 saturated heterocycles. The van der Waals surface area contributed by atoms with E-state index >= 15 is 0 Å². The van der Waals surface area contributed by atoms with Crippen LogP contribution >= 0.6 is 0 Å². The van der Waals surface area contributed by atoms with Crippen LogP contribution in [-0.4, -0.2) is 49.0 Å². The number of nitrogens with one attached hydrogen (secondary N) is 1. The number of nitrogens with zero attached hydrogens (tertiary/aromatic N) is 1. The number of sulfonamides is 1. The number of carbonyl (C=O) groups is 1. The Morgan fingerprint density at radius 1 is 1.25 bits per heavy atom. The Morgan fingerprint density at radius 3 is 2.38 bits per heavy atom. The maximum atomic E-state index is 12.4. The van der Waals surface area contributed by atoms with E-state index in [-0.39, 0.29) is 23.3 Å². The summed E-state index contributed by atoms with van der Waals surface area (Å²) >= 11 is 0. The van der Waals surface area contributed by atoms with Crippen LogP contribution in [0.2, 0.25) is 0 Å². The number of rotatable bonds is 6. The molecule has 1 amide bonds. The van der Waals surface area contributed by atoms with Crippen LogP contribution in [0.5, 0.6) is 0 Å². The summed E-state index contributed by atoms with van der Waals surface area (Å²) in [6.45, 7) is 3.04. The SMILES string of the molecule is C[C@](O)(CNC(=O)c1ccc(S(=O)(=O)N2CCCC2)cc1)C1CC1. The third kappa shape index (κ3) is 3.63. The fraction of sp³-hybridized carbons (Fsp3) is 0.588. The summed E-state index contributed by atoms with van der Waals surface area (Å²) in [5.74, 6) is -0.0492. The van der Waals surface area contributed by atoms with Crippen LogP contribution in [0, 0.1) is 5.92 Å². The lowest BCUT2D eigenvalue weighted by Crippen LogP contribution is -2.42. The molecule has 1 saturated carbocycles. The van der Waals surface area contributed by atoms with Crippen molar-refractivity contribution in [3.05, 3.63) is 29.8 Å². The van der Waals surface area contributed by atoms with Gasteiger partial charge in [0.1, 0.15) is 0 Å². The second-order valence-corrected chi connectivity index (χ2v) is 8.89. The highest BCUT2D eigenvalue weighted by atomic mass is 32.2. The van der Waals surface area contributed by atoms with Crippen LogP contribution < -0.4 is 5.32 Å². The van der Waals surface area contributed by atoms with Gasteiger partial charge < -0.3 is 10.4 Å². The van der Waals surface area contributed by atoms with E-state index in [1.165, 1.54) is 28.6 Å². The molecule has 2 fully saturated rings. The van der Waals surface area contributed by atoms with E-state index in [0.29, 0.717) is 18.7 Å². The summed E-state index contributed by atoms with van der Waals surface area (Å²) in [6.07, 6.45) is 3.76. The van der Waals surface area contributed by atoms with E-state index in [2.05, 4.69) is 5.32 Å². The van der Waals surface area contributed by atoms with Crippen LogP contribution in [0.15, 0.2) is 29.2 Å². The van der Waals surface area contributed by atoms with Gasteiger partial charge in [-0.2, -0.15) is 4.31 Å². The van der Waals surface area contributed by atoms with Crippen molar-refractivity contribution < 1.29 is 18.3 Å². The van der Waals surface area contributed by atoms with Gasteiger partial charge in [0.2, 0.25) is 10.0 Å². The molecule has 0 unspecified atom stereocenters. The first kappa shape index (κ1) is 17.4. The van der Waals surface area contributed by atoms with Gasteiger partial charge in [-0.05, 0) is 62.8 Å². The molecule has 132 valence electrons. The monoisotopic (exact) mass is 352 g/mol. The predicted octanol–water partition coefficient (Wildman–Crippen LogP) is 1.36. The second-order valence-electron chi connectivity index (χ2n) is 6.95. The van der Waals surface area contributed by atoms with Crippen molar-refractivity contribution in [2.24, 2.45) is 5.92 Å². The quantitative estimate of drug-likeness (QED) is 0.809. The van der Waals surface area contributed by atoms with Gasteiger partial charge in [0.05, 0.1) is 10.5 Å². The lowest BCUT2D eigenvalue weighted by atomic mass is 10.0. The maximum Gasteiger partial charge on any atom is 0.251 e. The van der Waals surface area contributed by atoms with Crippen LogP contribution in [0.1, 0.15) is 43.0 Å². The second kappa shape index (κ2) is 6.46. The molecule has 1 aromatic rings. The summed E-state index contributed by atoms with van der Waals surface area (Å²) < 4.78 is 26.4. The first-order valence-electron chi connectivity index (χ1n) is 8.41. The van der Waals surface area contributed by atoms with E-state index < -0.39 is 15.6 Å². The molecular formula is C17H24N2O4S. The number of carbonyl (C=O) groups excluding carboxylic acids is 1. The van der Waals surface area contributed by atoms with E-state index in [1.807, 2.05) is 0 Å². The van der Waals surface area contributed by atoms with Crippen molar-refractivity contribution >= 4 is 15.9 Å². The highest BCUT2D eigenvalue weighted by Crippen LogP contribution is 2.39. The lowest BCUT2D eigenvalue weighted by Gasteiger charge is -2.23. The Labute approximate surface area is 142 Å². The minimum Gasteiger partial charge on any atom is -0.388 e. The summed E-state index contributed by atoms with van der Waals surface area (Å²) in [5.41, 5.74) is -0.490. The van der Waals surface area contributed by atoms with Gasteiger partial charge in [0.25, 0.3) is 5.91 Å². The molecule has 3 rings (SSSR count). The molecule has 6 nitrogen and oxygen atoms in total. The molecule has 1 atom stereocenters. The lowest BCUT2D eigenvalue weighted by molar-refractivity contribution is 0.0354. The third-order valence-corrected chi connectivity index (χ3v) is 6.80. The smallest absolute Gasteiger partial charge is 0.251 e. The van der Waals surface area contributed by atoms with Gasteiger partial charge in [0.15, 0.2) is 0 Å². The topological polar surface area (TPSA) is 86.7 Å². The van der Waals surface area contributed by atoms with Crippen LogP contribution in [-0.2, 0) is 10.0 Å². The standard InChI is InChI=1S/C17H24N2O4S/c1-17(21,14-6-7-14)12-18-16(20)13-4-8-15(9-5-13)24(22,23)19-10-2-3-11-19/h4-5,8-9,14,21H,2-3,6-7,10-12H2,1H3,(H,18,20)/t17-/m0/s1. The zero-order valence-corrected chi connectivity index (χ0v) is 14.7. The molecule has 0 bridgehead atoms. The van der Waals surface area contributed by atoms with Gasteiger partial charge in [0, 0.05) is 25.2 Å². The Bertz CT molecular complexity index is 703. The van der Waals surface area contributed by atoms with Crippen LogP contribution in [0.3, 0.4) is 0 Å². The Kier molecular flexibility index (Phi) is 4.68. The summed E-state index contributed by atoms with van der Waals surface area (Å²) in [7, 11) is -3.46. The van der Waals surface area contributed by atoms with Gasteiger partial charge in [-0.25, -0.2) is 8.42 Å². The normalized spacial score (nSPS) is 21.4. The summed E-state index contributed by atoms with van der Waals surface area (Å²) in [5, 5.41) is 12.9. The molecule has 1 aromatic carbocycles. The van der Waals surface area contributed by atoms with Crippen molar-refractivity contribution in [2.45, 2.75) is 43.1 Å². The van der Waals surface area contributed by atoms with E-state index in [4.69, 9.17) is 0 Å². The molecule has 1 aliphatic carbocycles.